The Morgan fingerprint density at radius 3 is 1.43 bits per heavy atom. The summed E-state index contributed by atoms with van der Waals surface area (Å²) >= 11 is 7.72. The highest BCUT2D eigenvalue weighted by molar-refractivity contribution is 7.80. The molecule has 0 saturated heterocycles. The number of nitrogens with two attached hydrogens (primary N) is 1. The molecule has 11 nitrogen and oxygen atoms in total. The van der Waals surface area contributed by atoms with Crippen molar-refractivity contribution in [3.8, 4) is 0 Å². The summed E-state index contributed by atoms with van der Waals surface area (Å²) in [5.41, 5.74) is 5.50. The van der Waals surface area contributed by atoms with Gasteiger partial charge in [0.15, 0.2) is 0 Å². The molecule has 0 aliphatic heterocycles. The van der Waals surface area contributed by atoms with Crippen LogP contribution >= 0.6 is 25.3 Å². The summed E-state index contributed by atoms with van der Waals surface area (Å²) in [5.74, 6) is -3.83. The molecule has 4 amide bonds. The lowest BCUT2D eigenvalue weighted by atomic mass is 10.2. The highest BCUT2D eigenvalue weighted by atomic mass is 32.1. The molecule has 0 spiro atoms. The molecule has 0 aromatic rings. The summed E-state index contributed by atoms with van der Waals surface area (Å²) in [5, 5.41) is 18.3. The molecule has 0 aromatic heterocycles. The predicted molar refractivity (Wildman–Crippen MR) is 108 cm³/mol. The van der Waals surface area contributed by atoms with Crippen molar-refractivity contribution >= 4 is 54.9 Å². The van der Waals surface area contributed by atoms with E-state index in [9.17, 15) is 24.0 Å². The van der Waals surface area contributed by atoms with E-state index in [0.717, 1.165) is 0 Å². The fourth-order valence-corrected chi connectivity index (χ4v) is 2.17. The van der Waals surface area contributed by atoms with Crippen LogP contribution in [0.1, 0.15) is 20.8 Å². The molecule has 0 rings (SSSR count). The topological polar surface area (TPSA) is 180 Å². The lowest BCUT2D eigenvalue weighted by molar-refractivity contribution is -0.141. The molecule has 0 aromatic carbocycles. The Labute approximate surface area is 173 Å². The quantitative estimate of drug-likeness (QED) is 0.161. The highest BCUT2D eigenvalue weighted by Crippen LogP contribution is 1.94. The van der Waals surface area contributed by atoms with Crippen molar-refractivity contribution in [3.05, 3.63) is 0 Å². The SMILES string of the molecule is C[C@H](NC(=O)[C@H](C)NC(=O)[C@@H](N)CS)C(=O)N[C@@H](C)C(=O)N[C@@H](CS)C(=O)O. The van der Waals surface area contributed by atoms with Gasteiger partial charge in [-0.05, 0) is 20.8 Å². The number of thiol groups is 2. The third-order valence-corrected chi connectivity index (χ3v) is 4.35. The third-order valence-electron chi connectivity index (χ3n) is 3.59. The largest absolute Gasteiger partial charge is 0.480 e. The van der Waals surface area contributed by atoms with Crippen LogP contribution in [0.4, 0.5) is 0 Å². The first-order valence-electron chi connectivity index (χ1n) is 8.36. The highest BCUT2D eigenvalue weighted by Gasteiger charge is 2.26. The summed E-state index contributed by atoms with van der Waals surface area (Å²) in [6, 6.07) is -5.06. The lowest BCUT2D eigenvalue weighted by Gasteiger charge is -2.21. The van der Waals surface area contributed by atoms with Crippen LogP contribution in [0.5, 0.6) is 0 Å². The number of nitrogens with one attached hydrogen (secondary N) is 4. The Morgan fingerprint density at radius 2 is 1.11 bits per heavy atom. The maximum atomic E-state index is 12.1. The first kappa shape index (κ1) is 26.0. The number of rotatable bonds is 11. The van der Waals surface area contributed by atoms with E-state index in [4.69, 9.17) is 10.8 Å². The van der Waals surface area contributed by atoms with Gasteiger partial charge in [0.1, 0.15) is 24.2 Å². The van der Waals surface area contributed by atoms with Gasteiger partial charge in [0.25, 0.3) is 0 Å². The van der Waals surface area contributed by atoms with Crippen molar-refractivity contribution in [1.82, 2.24) is 21.3 Å². The molecular weight excluding hydrogens is 410 g/mol. The molecule has 13 heteroatoms. The van der Waals surface area contributed by atoms with E-state index in [-0.39, 0.29) is 11.5 Å². The van der Waals surface area contributed by atoms with Crippen LogP contribution in [0.15, 0.2) is 0 Å². The average Bonchev–Trinajstić information content (AvgIpc) is 2.64. The Balaban J connectivity index is 4.61. The van der Waals surface area contributed by atoms with E-state index in [1.807, 2.05) is 0 Å². The summed E-state index contributed by atoms with van der Waals surface area (Å²) in [4.78, 5) is 58.7. The molecule has 0 radical (unpaired) electrons. The van der Waals surface area contributed by atoms with Crippen LogP contribution in [0.25, 0.3) is 0 Å². The Kier molecular flexibility index (Phi) is 11.6. The maximum Gasteiger partial charge on any atom is 0.327 e. The molecule has 0 aliphatic carbocycles. The first-order valence-corrected chi connectivity index (χ1v) is 9.62. The zero-order chi connectivity index (χ0) is 22.0. The van der Waals surface area contributed by atoms with E-state index in [2.05, 4.69) is 46.5 Å². The molecule has 0 heterocycles. The van der Waals surface area contributed by atoms with Crippen LogP contribution in [-0.2, 0) is 24.0 Å². The van der Waals surface area contributed by atoms with E-state index < -0.39 is 59.8 Å². The normalized spacial score (nSPS) is 15.9. The molecular formula is C15H27N5O6S2. The molecule has 0 saturated carbocycles. The van der Waals surface area contributed by atoms with Crippen molar-refractivity contribution in [2.75, 3.05) is 11.5 Å². The fraction of sp³-hybridized carbons (Fsp3) is 0.667. The van der Waals surface area contributed by atoms with Crippen molar-refractivity contribution in [2.24, 2.45) is 5.73 Å². The minimum absolute atomic E-state index is 0.106. The van der Waals surface area contributed by atoms with Crippen molar-refractivity contribution in [1.29, 1.82) is 0 Å². The second-order valence-corrected chi connectivity index (χ2v) is 6.79. The Hall–Kier alpha value is -1.99. The number of hydrogen-bond donors (Lipinski definition) is 8. The minimum atomic E-state index is -1.25. The molecule has 160 valence electrons. The van der Waals surface area contributed by atoms with Gasteiger partial charge in [-0.1, -0.05) is 0 Å². The van der Waals surface area contributed by atoms with Crippen LogP contribution in [0.3, 0.4) is 0 Å². The van der Waals surface area contributed by atoms with Crippen LogP contribution in [0.2, 0.25) is 0 Å². The summed E-state index contributed by atoms with van der Waals surface area (Å²) in [6.45, 7) is 4.17. The number of carboxylic acid groups (broad SMARTS) is 1. The number of aliphatic carboxylic acids is 1. The zero-order valence-corrected chi connectivity index (χ0v) is 17.6. The maximum absolute atomic E-state index is 12.1. The monoisotopic (exact) mass is 437 g/mol. The van der Waals surface area contributed by atoms with Gasteiger partial charge in [0.2, 0.25) is 23.6 Å². The number of carbonyl (C=O) groups is 5. The second kappa shape index (κ2) is 12.5. The van der Waals surface area contributed by atoms with Gasteiger partial charge >= 0.3 is 5.97 Å². The van der Waals surface area contributed by atoms with Gasteiger partial charge < -0.3 is 32.1 Å². The van der Waals surface area contributed by atoms with Crippen LogP contribution < -0.4 is 27.0 Å². The number of amides is 4. The van der Waals surface area contributed by atoms with Gasteiger partial charge in [-0.15, -0.1) is 0 Å². The number of carbonyl (C=O) groups excluding carboxylic acids is 4. The number of hydrogen-bond acceptors (Lipinski definition) is 8. The standard InChI is InChI=1S/C15H27N5O6S2/c1-6(17-12(22)7(2)19-14(24)9(16)4-27)11(21)18-8(3)13(23)20-10(5-28)15(25)26/h6-10,27-28H,4-5,16H2,1-3H3,(H,17,22)(H,18,21)(H,19,24)(H,20,23)(H,25,26)/t6-,7-,8-,9-,10-/m0/s1. The molecule has 0 fully saturated rings. The van der Waals surface area contributed by atoms with Crippen molar-refractivity contribution in [2.45, 2.75) is 51.0 Å². The van der Waals surface area contributed by atoms with Crippen molar-refractivity contribution in [3.63, 3.8) is 0 Å². The minimum Gasteiger partial charge on any atom is -0.480 e. The van der Waals surface area contributed by atoms with Gasteiger partial charge in [-0.3, -0.25) is 19.2 Å². The lowest BCUT2D eigenvalue weighted by Crippen LogP contribution is -2.56. The van der Waals surface area contributed by atoms with Gasteiger partial charge in [0, 0.05) is 11.5 Å². The molecule has 0 bridgehead atoms. The fourth-order valence-electron chi connectivity index (χ4n) is 1.76. The van der Waals surface area contributed by atoms with Gasteiger partial charge in [-0.2, -0.15) is 25.3 Å². The zero-order valence-electron chi connectivity index (χ0n) is 15.8. The smallest absolute Gasteiger partial charge is 0.327 e. The van der Waals surface area contributed by atoms with Crippen molar-refractivity contribution < 1.29 is 29.1 Å². The molecule has 0 unspecified atom stereocenters. The van der Waals surface area contributed by atoms with Crippen LogP contribution in [0, 0.1) is 0 Å². The third kappa shape index (κ3) is 8.80. The van der Waals surface area contributed by atoms with Crippen LogP contribution in [-0.4, -0.2) is 76.4 Å². The average molecular weight is 438 g/mol. The van der Waals surface area contributed by atoms with E-state index in [1.165, 1.54) is 20.8 Å². The van der Waals surface area contributed by atoms with E-state index >= 15 is 0 Å². The Bertz CT molecular complexity index is 605. The summed E-state index contributed by atoms with van der Waals surface area (Å²) < 4.78 is 0. The van der Waals surface area contributed by atoms with E-state index in [0.29, 0.717) is 0 Å². The Morgan fingerprint density at radius 1 is 0.750 bits per heavy atom. The number of carboxylic acids is 1. The molecule has 7 N–H and O–H groups in total. The molecule has 28 heavy (non-hydrogen) atoms. The predicted octanol–water partition coefficient (Wildman–Crippen LogP) is -2.74. The van der Waals surface area contributed by atoms with Gasteiger partial charge in [0.05, 0.1) is 6.04 Å². The summed E-state index contributed by atoms with van der Waals surface area (Å²) in [6.07, 6.45) is 0. The van der Waals surface area contributed by atoms with E-state index in [1.54, 1.807) is 0 Å². The molecule has 5 atom stereocenters. The molecule has 0 aliphatic rings. The first-order chi connectivity index (χ1) is 12.9. The second-order valence-electron chi connectivity index (χ2n) is 6.06. The van der Waals surface area contributed by atoms with Gasteiger partial charge in [-0.25, -0.2) is 4.79 Å². The summed E-state index contributed by atoms with van der Waals surface area (Å²) in [7, 11) is 0.